The van der Waals surface area contributed by atoms with Crippen molar-refractivity contribution in [1.82, 2.24) is 4.98 Å². The van der Waals surface area contributed by atoms with Crippen LogP contribution in [0.3, 0.4) is 0 Å². The minimum absolute atomic E-state index is 0.172. The van der Waals surface area contributed by atoms with Gasteiger partial charge in [-0.1, -0.05) is 24.3 Å². The van der Waals surface area contributed by atoms with Gasteiger partial charge in [0.1, 0.15) is 0 Å². The van der Waals surface area contributed by atoms with Crippen molar-refractivity contribution in [2.45, 2.75) is 12.8 Å². The van der Waals surface area contributed by atoms with Gasteiger partial charge in [-0.15, -0.1) is 13.2 Å². The number of carbonyl (C=O) groups is 1. The summed E-state index contributed by atoms with van der Waals surface area (Å²) in [6, 6.07) is 14.0. The standard InChI is InChI=1S/C16H15NO3.C10H12O2/c1-3-5-12-7-8-14(15(10-12)19-2)20-16(18)13-6-4-9-17-11-13;1-3-4-8-5-6-9(11)10(7-8)12-2/h3-4,6-11H,1,5H2,2H3;3,5-7,11H,1,4H2,2H3. The number of benzene rings is 2. The number of pyridine rings is 1. The molecule has 0 unspecified atom stereocenters. The van der Waals surface area contributed by atoms with Crippen LogP contribution in [0, 0.1) is 0 Å². The molecule has 0 aliphatic carbocycles. The molecule has 0 aliphatic rings. The summed E-state index contributed by atoms with van der Waals surface area (Å²) >= 11 is 0. The van der Waals surface area contributed by atoms with Gasteiger partial charge in [-0.25, -0.2) is 4.79 Å². The zero-order chi connectivity index (χ0) is 23.3. The van der Waals surface area contributed by atoms with Gasteiger partial charge >= 0.3 is 5.97 Å². The maximum atomic E-state index is 12.0. The number of allylic oxidation sites excluding steroid dienone is 2. The first kappa shape index (κ1) is 24.2. The summed E-state index contributed by atoms with van der Waals surface area (Å²) in [4.78, 5) is 15.8. The van der Waals surface area contributed by atoms with Crippen LogP contribution in [0.2, 0.25) is 0 Å². The first-order valence-corrected chi connectivity index (χ1v) is 9.89. The molecular formula is C26H27NO5. The third-order valence-corrected chi connectivity index (χ3v) is 4.33. The van der Waals surface area contributed by atoms with E-state index in [2.05, 4.69) is 18.1 Å². The van der Waals surface area contributed by atoms with Crippen LogP contribution in [0.1, 0.15) is 21.5 Å². The molecule has 0 saturated heterocycles. The van der Waals surface area contributed by atoms with E-state index in [4.69, 9.17) is 14.2 Å². The van der Waals surface area contributed by atoms with Crippen molar-refractivity contribution >= 4 is 5.97 Å². The molecule has 1 heterocycles. The summed E-state index contributed by atoms with van der Waals surface area (Å²) in [6.07, 6.45) is 8.19. The molecule has 0 amide bonds. The van der Waals surface area contributed by atoms with Crippen LogP contribution in [-0.2, 0) is 12.8 Å². The summed E-state index contributed by atoms with van der Waals surface area (Å²) in [5.41, 5.74) is 2.52. The minimum atomic E-state index is -0.465. The summed E-state index contributed by atoms with van der Waals surface area (Å²) in [5.74, 6) is 1.11. The first-order chi connectivity index (χ1) is 15.5. The van der Waals surface area contributed by atoms with Gasteiger partial charge in [0, 0.05) is 12.4 Å². The highest BCUT2D eigenvalue weighted by Gasteiger charge is 2.12. The molecule has 0 atom stereocenters. The van der Waals surface area contributed by atoms with Crippen molar-refractivity contribution in [1.29, 1.82) is 0 Å². The molecule has 0 spiro atoms. The van der Waals surface area contributed by atoms with E-state index in [0.29, 0.717) is 22.8 Å². The Kier molecular flexibility index (Phi) is 9.53. The minimum Gasteiger partial charge on any atom is -0.504 e. The maximum Gasteiger partial charge on any atom is 0.345 e. The van der Waals surface area contributed by atoms with Gasteiger partial charge < -0.3 is 19.3 Å². The lowest BCUT2D eigenvalue weighted by Gasteiger charge is -2.10. The van der Waals surface area contributed by atoms with Crippen molar-refractivity contribution in [3.63, 3.8) is 0 Å². The number of hydrogen-bond donors (Lipinski definition) is 1. The van der Waals surface area contributed by atoms with Gasteiger partial charge in [-0.05, 0) is 60.4 Å². The Morgan fingerprint density at radius 1 is 0.938 bits per heavy atom. The van der Waals surface area contributed by atoms with Crippen molar-refractivity contribution in [2.75, 3.05) is 14.2 Å². The molecule has 0 aliphatic heterocycles. The molecule has 3 aromatic rings. The number of phenols is 1. The van der Waals surface area contributed by atoms with Gasteiger partial charge in [-0.3, -0.25) is 4.98 Å². The van der Waals surface area contributed by atoms with E-state index in [9.17, 15) is 9.90 Å². The zero-order valence-electron chi connectivity index (χ0n) is 18.3. The van der Waals surface area contributed by atoms with Gasteiger partial charge in [0.2, 0.25) is 0 Å². The fourth-order valence-corrected chi connectivity index (χ4v) is 2.75. The average Bonchev–Trinajstić information content (AvgIpc) is 2.82. The fourth-order valence-electron chi connectivity index (χ4n) is 2.75. The highest BCUT2D eigenvalue weighted by atomic mass is 16.6. The van der Waals surface area contributed by atoms with Gasteiger partial charge in [0.05, 0.1) is 19.8 Å². The molecule has 1 N–H and O–H groups in total. The van der Waals surface area contributed by atoms with E-state index < -0.39 is 5.97 Å². The van der Waals surface area contributed by atoms with Gasteiger partial charge in [-0.2, -0.15) is 0 Å². The monoisotopic (exact) mass is 433 g/mol. The lowest BCUT2D eigenvalue weighted by molar-refractivity contribution is 0.0729. The Balaban J connectivity index is 0.000000258. The number of hydrogen-bond acceptors (Lipinski definition) is 6. The lowest BCUT2D eigenvalue weighted by Crippen LogP contribution is -2.09. The second kappa shape index (κ2) is 12.6. The van der Waals surface area contributed by atoms with Crippen LogP contribution < -0.4 is 14.2 Å². The highest BCUT2D eigenvalue weighted by Crippen LogP contribution is 2.29. The Morgan fingerprint density at radius 2 is 1.56 bits per heavy atom. The van der Waals surface area contributed by atoms with Crippen molar-refractivity contribution in [3.8, 4) is 23.0 Å². The first-order valence-electron chi connectivity index (χ1n) is 9.89. The highest BCUT2D eigenvalue weighted by molar-refractivity contribution is 5.90. The fraction of sp³-hybridized carbons (Fsp3) is 0.154. The van der Waals surface area contributed by atoms with E-state index >= 15 is 0 Å². The van der Waals surface area contributed by atoms with Crippen LogP contribution in [0.25, 0.3) is 0 Å². The number of methoxy groups -OCH3 is 2. The number of ether oxygens (including phenoxy) is 3. The molecular weight excluding hydrogens is 406 g/mol. The van der Waals surface area contributed by atoms with E-state index in [1.807, 2.05) is 24.3 Å². The van der Waals surface area contributed by atoms with E-state index in [1.165, 1.54) is 20.4 Å². The topological polar surface area (TPSA) is 77.9 Å². The predicted octanol–water partition coefficient (Wildman–Crippen LogP) is 5.17. The number of aromatic hydroxyl groups is 1. The molecule has 6 nitrogen and oxygen atoms in total. The lowest BCUT2D eigenvalue weighted by atomic mass is 10.1. The third kappa shape index (κ3) is 7.02. The summed E-state index contributed by atoms with van der Waals surface area (Å²) in [6.45, 7) is 7.32. The van der Waals surface area contributed by atoms with E-state index in [0.717, 1.165) is 24.0 Å². The van der Waals surface area contributed by atoms with Crippen LogP contribution in [0.5, 0.6) is 23.0 Å². The third-order valence-electron chi connectivity index (χ3n) is 4.33. The van der Waals surface area contributed by atoms with Crippen LogP contribution >= 0.6 is 0 Å². The van der Waals surface area contributed by atoms with E-state index in [-0.39, 0.29) is 5.75 Å². The van der Waals surface area contributed by atoms with E-state index in [1.54, 1.807) is 42.6 Å². The molecule has 3 rings (SSSR count). The van der Waals surface area contributed by atoms with Crippen LogP contribution in [0.4, 0.5) is 0 Å². The molecule has 2 aromatic carbocycles. The molecule has 0 radical (unpaired) electrons. The number of nitrogens with zero attached hydrogens (tertiary/aromatic N) is 1. The van der Waals surface area contributed by atoms with Crippen molar-refractivity contribution in [2.24, 2.45) is 0 Å². The summed E-state index contributed by atoms with van der Waals surface area (Å²) < 4.78 is 15.5. The Morgan fingerprint density at radius 3 is 2.12 bits per heavy atom. The number of aromatic nitrogens is 1. The number of carbonyl (C=O) groups excluding carboxylic acids is 1. The molecule has 0 fully saturated rings. The quantitative estimate of drug-likeness (QED) is 0.300. The SMILES string of the molecule is C=CCc1ccc(O)c(OC)c1.C=CCc1ccc(OC(=O)c2cccnc2)c(OC)c1. The van der Waals surface area contributed by atoms with Gasteiger partial charge in [0.15, 0.2) is 23.0 Å². The molecule has 1 aromatic heterocycles. The molecule has 32 heavy (non-hydrogen) atoms. The predicted molar refractivity (Wildman–Crippen MR) is 125 cm³/mol. The Bertz CT molecular complexity index is 1050. The number of phenolic OH excluding ortho intramolecular Hbond substituents is 1. The number of rotatable bonds is 8. The van der Waals surface area contributed by atoms with Crippen LogP contribution in [-0.4, -0.2) is 30.3 Å². The normalized spacial score (nSPS) is 9.69. The Labute approximate surface area is 188 Å². The van der Waals surface area contributed by atoms with Crippen LogP contribution in [0.15, 0.2) is 86.2 Å². The molecule has 0 bridgehead atoms. The molecule has 6 heteroatoms. The summed E-state index contributed by atoms with van der Waals surface area (Å²) in [7, 11) is 3.07. The number of esters is 1. The second-order valence-electron chi connectivity index (χ2n) is 6.61. The van der Waals surface area contributed by atoms with Gasteiger partial charge in [0.25, 0.3) is 0 Å². The average molecular weight is 434 g/mol. The van der Waals surface area contributed by atoms with Crippen molar-refractivity contribution in [3.05, 3.63) is 103 Å². The largest absolute Gasteiger partial charge is 0.504 e. The summed E-state index contributed by atoms with van der Waals surface area (Å²) in [5, 5.41) is 9.25. The maximum absolute atomic E-state index is 12.0. The van der Waals surface area contributed by atoms with Crippen molar-refractivity contribution < 1.29 is 24.1 Å². The molecule has 166 valence electrons. The zero-order valence-corrected chi connectivity index (χ0v) is 18.3. The molecule has 0 saturated carbocycles. The second-order valence-corrected chi connectivity index (χ2v) is 6.61. The smallest absolute Gasteiger partial charge is 0.345 e. The Hall–Kier alpha value is -4.06.